The Morgan fingerprint density at radius 2 is 1.88 bits per heavy atom. The van der Waals surface area contributed by atoms with Crippen molar-refractivity contribution in [3.8, 4) is 5.75 Å². The van der Waals surface area contributed by atoms with E-state index in [2.05, 4.69) is 20.9 Å². The molecule has 0 saturated heterocycles. The second-order valence-corrected chi connectivity index (χ2v) is 11.1. The van der Waals surface area contributed by atoms with Gasteiger partial charge in [-0.2, -0.15) is 0 Å². The molecule has 10 nitrogen and oxygen atoms in total. The van der Waals surface area contributed by atoms with Crippen LogP contribution in [0.15, 0.2) is 59.2 Å². The van der Waals surface area contributed by atoms with E-state index < -0.39 is 35.5 Å². The highest BCUT2D eigenvalue weighted by Gasteiger charge is 2.37. The maximum atomic E-state index is 13.7. The summed E-state index contributed by atoms with van der Waals surface area (Å²) < 4.78 is 30.2. The Bertz CT molecular complexity index is 1510. The number of carbonyl (C=O) groups is 3. The number of anilines is 1. The third-order valence-electron chi connectivity index (χ3n) is 6.97. The predicted octanol–water partition coefficient (Wildman–Crippen LogP) is 4.15. The molecule has 0 aliphatic carbocycles. The summed E-state index contributed by atoms with van der Waals surface area (Å²) in [7, 11) is 1.23. The normalized spacial score (nSPS) is 22.1. The molecule has 3 N–H and O–H groups in total. The molecule has 11 heteroatoms. The van der Waals surface area contributed by atoms with Gasteiger partial charge in [0.25, 0.3) is 0 Å². The van der Waals surface area contributed by atoms with Gasteiger partial charge in [0.15, 0.2) is 11.9 Å². The standard InChI is InChI=1S/C30H31FN4O6/c1-30(2,3)25-26(37)33-21(28-34-22(15-40-28)29(38)39-4)14-20-19-13-16(6-12-24(36)35-25)5-11-23(19)41-27(20)32-18-9-7-17(31)8-10-18/h5,7-11,13-15,20,25,27,32H,6,12H2,1-4H3,(H,33,37)(H,35,36)/b21-14+/t20?,25?,27-/m1/s1. The molecule has 0 spiro atoms. The fraction of sp³-hybridized carbons (Fsp3) is 0.333. The SMILES string of the molecule is COC(=O)c1coc(/C2=C\C3c4cc(ccc4O[C@H]3Nc3ccc(F)cc3)CCC(=O)NC(C(C)(C)C)C(=O)N2)n1. The Morgan fingerprint density at radius 1 is 1.12 bits per heavy atom. The summed E-state index contributed by atoms with van der Waals surface area (Å²) in [6.45, 7) is 5.55. The van der Waals surface area contributed by atoms with E-state index in [0.29, 0.717) is 17.9 Å². The minimum absolute atomic E-state index is 0.0299. The Balaban J connectivity index is 1.63. The number of fused-ring (bicyclic) bond motifs is 1. The van der Waals surface area contributed by atoms with Crippen LogP contribution in [0, 0.1) is 11.2 Å². The molecule has 0 fully saturated rings. The van der Waals surface area contributed by atoms with Gasteiger partial charge in [0.05, 0.1) is 13.0 Å². The molecule has 2 amide bonds. The number of hydrogen-bond donors (Lipinski definition) is 3. The van der Waals surface area contributed by atoms with Crippen LogP contribution < -0.4 is 20.7 Å². The van der Waals surface area contributed by atoms with Crippen LogP contribution in [0.3, 0.4) is 0 Å². The number of esters is 1. The summed E-state index contributed by atoms with van der Waals surface area (Å²) in [4.78, 5) is 43.0. The van der Waals surface area contributed by atoms with E-state index in [1.165, 1.54) is 19.2 Å². The zero-order valence-corrected chi connectivity index (χ0v) is 23.1. The summed E-state index contributed by atoms with van der Waals surface area (Å²) in [5.74, 6) is -1.74. The van der Waals surface area contributed by atoms with Crippen molar-refractivity contribution in [3.63, 3.8) is 0 Å². The maximum absolute atomic E-state index is 13.7. The van der Waals surface area contributed by atoms with Crippen molar-refractivity contribution in [2.45, 2.75) is 51.8 Å². The number of methoxy groups -OCH3 is 1. The monoisotopic (exact) mass is 562 g/mol. The van der Waals surface area contributed by atoms with Crippen LogP contribution >= 0.6 is 0 Å². The van der Waals surface area contributed by atoms with Crippen molar-refractivity contribution in [3.05, 3.63) is 83.3 Å². The highest BCUT2D eigenvalue weighted by atomic mass is 19.1. The molecule has 214 valence electrons. The fourth-order valence-electron chi connectivity index (χ4n) is 4.81. The summed E-state index contributed by atoms with van der Waals surface area (Å²) in [5.41, 5.74) is 1.81. The number of aromatic nitrogens is 1. The first-order valence-electron chi connectivity index (χ1n) is 13.2. The molecule has 2 aliphatic rings. The largest absolute Gasteiger partial charge is 0.469 e. The number of oxazole rings is 1. The highest BCUT2D eigenvalue weighted by molar-refractivity contribution is 5.94. The van der Waals surface area contributed by atoms with Crippen LogP contribution in [0.5, 0.6) is 5.75 Å². The van der Waals surface area contributed by atoms with Gasteiger partial charge in [0.2, 0.25) is 17.7 Å². The molecule has 3 heterocycles. The lowest BCUT2D eigenvalue weighted by molar-refractivity contribution is -0.130. The molecular weight excluding hydrogens is 531 g/mol. The van der Waals surface area contributed by atoms with Crippen molar-refractivity contribution in [1.82, 2.24) is 15.6 Å². The molecule has 5 rings (SSSR count). The van der Waals surface area contributed by atoms with Crippen LogP contribution in [-0.2, 0) is 20.7 Å². The van der Waals surface area contributed by atoms with Gasteiger partial charge in [-0.3, -0.25) is 9.59 Å². The quantitative estimate of drug-likeness (QED) is 0.404. The van der Waals surface area contributed by atoms with Crippen molar-refractivity contribution >= 4 is 29.2 Å². The Hall–Kier alpha value is -4.67. The maximum Gasteiger partial charge on any atom is 0.360 e. The van der Waals surface area contributed by atoms with Gasteiger partial charge in [-0.1, -0.05) is 32.9 Å². The number of hydrogen-bond acceptors (Lipinski definition) is 8. The molecule has 0 saturated carbocycles. The number of ether oxygens (including phenoxy) is 2. The van der Waals surface area contributed by atoms with E-state index in [-0.39, 0.29) is 35.4 Å². The zero-order valence-electron chi connectivity index (χ0n) is 23.1. The van der Waals surface area contributed by atoms with Crippen molar-refractivity contribution < 1.29 is 32.7 Å². The number of nitrogens with one attached hydrogen (secondary N) is 3. The fourth-order valence-corrected chi connectivity index (χ4v) is 4.81. The van der Waals surface area contributed by atoms with Gasteiger partial charge in [-0.15, -0.1) is 0 Å². The number of rotatable bonds is 4. The molecule has 3 aromatic rings. The Labute approximate surface area is 236 Å². The molecule has 41 heavy (non-hydrogen) atoms. The third-order valence-corrected chi connectivity index (χ3v) is 6.97. The van der Waals surface area contributed by atoms with Gasteiger partial charge in [0.1, 0.15) is 29.6 Å². The van der Waals surface area contributed by atoms with Gasteiger partial charge in [-0.25, -0.2) is 14.2 Å². The van der Waals surface area contributed by atoms with Crippen molar-refractivity contribution in [1.29, 1.82) is 0 Å². The Kier molecular flexibility index (Phi) is 7.53. The van der Waals surface area contributed by atoms with Gasteiger partial charge >= 0.3 is 5.97 Å². The van der Waals surface area contributed by atoms with Crippen LogP contribution in [0.2, 0.25) is 0 Å². The van der Waals surface area contributed by atoms with Crippen LogP contribution in [0.25, 0.3) is 5.70 Å². The highest BCUT2D eigenvalue weighted by Crippen LogP contribution is 2.41. The van der Waals surface area contributed by atoms with E-state index in [4.69, 9.17) is 13.9 Å². The van der Waals surface area contributed by atoms with Gasteiger partial charge in [0, 0.05) is 17.7 Å². The molecule has 2 aromatic carbocycles. The van der Waals surface area contributed by atoms with E-state index in [9.17, 15) is 18.8 Å². The Morgan fingerprint density at radius 3 is 2.59 bits per heavy atom. The van der Waals surface area contributed by atoms with E-state index in [1.807, 2.05) is 39.0 Å². The summed E-state index contributed by atoms with van der Waals surface area (Å²) in [6.07, 6.45) is 2.87. The lowest BCUT2D eigenvalue weighted by atomic mass is 9.86. The average molecular weight is 563 g/mol. The number of amides is 2. The first kappa shape index (κ1) is 27.9. The van der Waals surface area contributed by atoms with Crippen molar-refractivity contribution in [2.24, 2.45) is 5.41 Å². The third kappa shape index (κ3) is 6.08. The minimum Gasteiger partial charge on any atom is -0.469 e. The van der Waals surface area contributed by atoms with Crippen LogP contribution in [0.4, 0.5) is 10.1 Å². The van der Waals surface area contributed by atoms with Crippen molar-refractivity contribution in [2.75, 3.05) is 12.4 Å². The van der Waals surface area contributed by atoms with Gasteiger partial charge in [-0.05, 0) is 53.8 Å². The van der Waals surface area contributed by atoms with E-state index >= 15 is 0 Å². The number of nitrogens with zero attached hydrogens (tertiary/aromatic N) is 1. The molecule has 3 atom stereocenters. The summed E-state index contributed by atoms with van der Waals surface area (Å²) in [6, 6.07) is 10.7. The van der Waals surface area contributed by atoms with E-state index in [0.717, 1.165) is 17.4 Å². The smallest absolute Gasteiger partial charge is 0.360 e. The molecular formula is C30H31FN4O6. The topological polar surface area (TPSA) is 132 Å². The number of halogens is 1. The molecule has 2 unspecified atom stereocenters. The van der Waals surface area contributed by atoms with Gasteiger partial charge < -0.3 is 29.8 Å². The first-order valence-corrected chi connectivity index (χ1v) is 13.2. The molecule has 1 aromatic heterocycles. The first-order chi connectivity index (χ1) is 19.5. The van der Waals surface area contributed by atoms with Crippen LogP contribution in [-0.4, -0.2) is 42.1 Å². The number of benzene rings is 2. The lowest BCUT2D eigenvalue weighted by Gasteiger charge is -2.30. The number of aryl methyl sites for hydroxylation is 1. The molecule has 0 radical (unpaired) electrons. The number of carbonyl (C=O) groups excluding carboxylic acids is 3. The van der Waals surface area contributed by atoms with E-state index in [1.54, 1.807) is 18.2 Å². The molecule has 2 bridgehead atoms. The average Bonchev–Trinajstić information content (AvgIpc) is 3.55. The predicted molar refractivity (Wildman–Crippen MR) is 147 cm³/mol. The lowest BCUT2D eigenvalue weighted by Crippen LogP contribution is -2.53. The second-order valence-electron chi connectivity index (χ2n) is 11.1. The van der Waals surface area contributed by atoms with Crippen LogP contribution in [0.1, 0.15) is 60.6 Å². The second kappa shape index (κ2) is 11.1. The summed E-state index contributed by atoms with van der Waals surface area (Å²) in [5, 5.41) is 9.03. The molecule has 2 aliphatic heterocycles. The minimum atomic E-state index is -0.888. The zero-order chi connectivity index (χ0) is 29.3. The summed E-state index contributed by atoms with van der Waals surface area (Å²) >= 11 is 0.